The second-order valence-electron chi connectivity index (χ2n) is 16.3. The molecule has 0 aliphatic carbocycles. The first kappa shape index (κ1) is 42.7. The molecule has 0 bridgehead atoms. The molecule has 3 aromatic carbocycles. The SMILES string of the molecule is CN1CCN(C2CCN(C(=O)Nc3ccc(C[C@H](NC(=O)C(=O)Nc4cc(Cl)ccc4-n4cnnn4)C(=O)Nc4ccc5[nH]c(C(=O)OC(C)(C)C)cc5c4)cc3)CC2)CC1. The number of hydrogen-bond acceptors (Lipinski definition) is 11. The second kappa shape index (κ2) is 18.5. The minimum atomic E-state index is -1.24. The van der Waals surface area contributed by atoms with Crippen molar-refractivity contribution in [3.05, 3.63) is 89.3 Å². The number of rotatable bonds is 10. The predicted octanol–water partition coefficient (Wildman–Crippen LogP) is 4.30. The Morgan fingerprint density at radius 2 is 1.57 bits per heavy atom. The number of benzene rings is 3. The first-order valence-electron chi connectivity index (χ1n) is 20.1. The Morgan fingerprint density at radius 1 is 0.852 bits per heavy atom. The molecule has 0 unspecified atom stereocenters. The standard InChI is InChI=1S/C42H49ClN12O6/c1-42(2,3)61-40(59)35-23-27-22-30(10-11-32(27)47-35)45-37(56)34(49-39(58)38(57)48-33-24-28(43)7-12-36(33)55-25-44-50-51-55)21-26-5-8-29(9-6-26)46-41(60)54-15-13-31(14-16-54)53-19-17-52(4)18-20-53/h5-12,22-25,31,34,47H,13-21H2,1-4H3,(H,45,56)(H,46,60)(H,48,57)(H,49,58)/t34-/m0/s1. The summed E-state index contributed by atoms with van der Waals surface area (Å²) in [5.41, 5.74) is 2.31. The van der Waals surface area contributed by atoms with Gasteiger partial charge >= 0.3 is 23.8 Å². The zero-order valence-electron chi connectivity index (χ0n) is 34.4. The molecule has 5 N–H and O–H groups in total. The molecule has 2 saturated heterocycles. The number of hydrogen-bond donors (Lipinski definition) is 5. The number of halogens is 1. The van der Waals surface area contributed by atoms with Crippen LogP contribution < -0.4 is 21.3 Å². The van der Waals surface area contributed by atoms with Crippen molar-refractivity contribution in [2.24, 2.45) is 0 Å². The first-order valence-corrected chi connectivity index (χ1v) is 20.4. The molecular formula is C42H49ClN12O6. The molecule has 5 aromatic rings. The smallest absolute Gasteiger partial charge is 0.355 e. The third-order valence-corrected chi connectivity index (χ3v) is 10.8. The summed E-state index contributed by atoms with van der Waals surface area (Å²) < 4.78 is 6.78. The number of amides is 5. The summed E-state index contributed by atoms with van der Waals surface area (Å²) in [5, 5.41) is 23.0. The number of likely N-dealkylation sites (tertiary alicyclic amines) is 1. The summed E-state index contributed by atoms with van der Waals surface area (Å²) in [5.74, 6) is -3.29. The molecule has 2 aliphatic heterocycles. The lowest BCUT2D eigenvalue weighted by atomic mass is 10.0. The van der Waals surface area contributed by atoms with E-state index in [2.05, 4.69) is 58.6 Å². The summed E-state index contributed by atoms with van der Waals surface area (Å²) >= 11 is 6.21. The lowest BCUT2D eigenvalue weighted by Crippen LogP contribution is -2.53. The van der Waals surface area contributed by atoms with E-state index in [1.807, 2.05) is 4.90 Å². The third kappa shape index (κ3) is 11.1. The van der Waals surface area contributed by atoms with Gasteiger partial charge in [-0.25, -0.2) is 9.59 Å². The molecule has 2 aliphatic rings. The number of piperidine rings is 1. The van der Waals surface area contributed by atoms with Gasteiger partial charge in [-0.3, -0.25) is 19.3 Å². The van der Waals surface area contributed by atoms with Gasteiger partial charge in [0.05, 0.1) is 11.4 Å². The van der Waals surface area contributed by atoms with Crippen LogP contribution in [0.5, 0.6) is 0 Å². The number of aromatic nitrogens is 5. The van der Waals surface area contributed by atoms with Gasteiger partial charge in [0, 0.05) is 79.0 Å². The van der Waals surface area contributed by atoms with Crippen LogP contribution in [0.2, 0.25) is 5.02 Å². The summed E-state index contributed by atoms with van der Waals surface area (Å²) in [4.78, 5) is 76.5. The molecule has 61 heavy (non-hydrogen) atoms. The molecule has 2 fully saturated rings. The van der Waals surface area contributed by atoms with Crippen LogP contribution in [0.3, 0.4) is 0 Å². The zero-order chi connectivity index (χ0) is 43.3. The number of carbonyl (C=O) groups is 5. The fourth-order valence-electron chi connectivity index (χ4n) is 7.36. The Bertz CT molecular complexity index is 2380. The maximum atomic E-state index is 14.0. The van der Waals surface area contributed by atoms with Crippen LogP contribution >= 0.6 is 11.6 Å². The van der Waals surface area contributed by atoms with Crippen LogP contribution in [0, 0.1) is 0 Å². The summed E-state index contributed by atoms with van der Waals surface area (Å²) in [6, 6.07) is 17.3. The normalized spacial score (nSPS) is 15.9. The molecule has 320 valence electrons. The highest BCUT2D eigenvalue weighted by molar-refractivity contribution is 6.40. The molecule has 19 heteroatoms. The minimum absolute atomic E-state index is 0.0128. The van der Waals surface area contributed by atoms with Gasteiger partial charge in [0.2, 0.25) is 5.91 Å². The molecule has 1 atom stereocenters. The molecule has 0 spiro atoms. The van der Waals surface area contributed by atoms with Gasteiger partial charge in [0.15, 0.2) is 0 Å². The van der Waals surface area contributed by atoms with E-state index in [4.69, 9.17) is 16.3 Å². The van der Waals surface area contributed by atoms with Crippen LogP contribution in [0.25, 0.3) is 16.6 Å². The monoisotopic (exact) mass is 852 g/mol. The van der Waals surface area contributed by atoms with Crippen LogP contribution in [-0.2, 0) is 25.5 Å². The van der Waals surface area contributed by atoms with Gasteiger partial charge in [-0.15, -0.1) is 5.10 Å². The molecule has 2 aromatic heterocycles. The van der Waals surface area contributed by atoms with Crippen molar-refractivity contribution in [2.45, 2.75) is 57.7 Å². The maximum Gasteiger partial charge on any atom is 0.355 e. The highest BCUT2D eigenvalue weighted by atomic mass is 35.5. The van der Waals surface area contributed by atoms with E-state index in [-0.39, 0.29) is 28.9 Å². The fraction of sp³-hybridized carbons (Fsp3) is 0.381. The Morgan fingerprint density at radius 3 is 2.26 bits per heavy atom. The van der Waals surface area contributed by atoms with Crippen LogP contribution in [0.1, 0.15) is 49.7 Å². The van der Waals surface area contributed by atoms with E-state index in [1.54, 1.807) is 81.4 Å². The molecule has 5 amide bonds. The topological polar surface area (TPSA) is 212 Å². The second-order valence-corrected chi connectivity index (χ2v) is 16.7. The number of nitrogens with one attached hydrogen (secondary N) is 5. The van der Waals surface area contributed by atoms with E-state index in [1.165, 1.54) is 17.1 Å². The van der Waals surface area contributed by atoms with Crippen molar-refractivity contribution in [1.29, 1.82) is 0 Å². The van der Waals surface area contributed by atoms with E-state index < -0.39 is 35.3 Å². The predicted molar refractivity (Wildman–Crippen MR) is 230 cm³/mol. The first-order chi connectivity index (χ1) is 29.2. The number of likely N-dealkylation sites (N-methyl/N-ethyl adjacent to an activating group) is 1. The van der Waals surface area contributed by atoms with E-state index in [0.717, 1.165) is 39.0 Å². The summed E-state index contributed by atoms with van der Waals surface area (Å²) in [7, 11) is 2.14. The van der Waals surface area contributed by atoms with Gasteiger partial charge in [-0.1, -0.05) is 23.7 Å². The van der Waals surface area contributed by atoms with Crippen LogP contribution in [0.4, 0.5) is 21.9 Å². The number of anilines is 3. The molecule has 4 heterocycles. The number of urea groups is 1. The number of piperazine rings is 1. The van der Waals surface area contributed by atoms with E-state index in [9.17, 15) is 24.0 Å². The average molecular weight is 853 g/mol. The van der Waals surface area contributed by atoms with Gasteiger partial charge in [0.1, 0.15) is 23.7 Å². The number of fused-ring (bicyclic) bond motifs is 1. The van der Waals surface area contributed by atoms with Crippen molar-refractivity contribution in [2.75, 3.05) is 62.3 Å². The van der Waals surface area contributed by atoms with Crippen molar-refractivity contribution < 1.29 is 28.7 Å². The van der Waals surface area contributed by atoms with Crippen LogP contribution in [0.15, 0.2) is 73.1 Å². The van der Waals surface area contributed by atoms with Gasteiger partial charge in [0.25, 0.3) is 0 Å². The Hall–Kier alpha value is -6.37. The molecular weight excluding hydrogens is 804 g/mol. The number of tetrazole rings is 1. The molecule has 7 rings (SSSR count). The molecule has 18 nitrogen and oxygen atoms in total. The lowest BCUT2D eigenvalue weighted by Gasteiger charge is -2.42. The number of H-pyrrole nitrogens is 1. The largest absolute Gasteiger partial charge is 0.455 e. The van der Waals surface area contributed by atoms with E-state index >= 15 is 0 Å². The fourth-order valence-corrected chi connectivity index (χ4v) is 7.53. The van der Waals surface area contributed by atoms with Crippen molar-refractivity contribution in [3.8, 4) is 5.69 Å². The molecule has 0 radical (unpaired) electrons. The lowest BCUT2D eigenvalue weighted by molar-refractivity contribution is -0.137. The highest BCUT2D eigenvalue weighted by Gasteiger charge is 2.30. The Labute approximate surface area is 357 Å². The number of ether oxygens (including phenoxy) is 1. The third-order valence-electron chi connectivity index (χ3n) is 10.6. The minimum Gasteiger partial charge on any atom is -0.455 e. The quantitative estimate of drug-likeness (QED) is 0.0988. The van der Waals surface area contributed by atoms with Crippen molar-refractivity contribution in [1.82, 2.24) is 45.2 Å². The van der Waals surface area contributed by atoms with Crippen molar-refractivity contribution >= 4 is 69.3 Å². The maximum absolute atomic E-state index is 14.0. The van der Waals surface area contributed by atoms with E-state index in [0.29, 0.717) is 52.7 Å². The summed E-state index contributed by atoms with van der Waals surface area (Å²) in [6.07, 6.45) is 3.16. The number of nitrogens with zero attached hydrogens (tertiary/aromatic N) is 7. The van der Waals surface area contributed by atoms with Gasteiger partial charge in [-0.05, 0) is 111 Å². The van der Waals surface area contributed by atoms with Gasteiger partial charge in [-0.2, -0.15) is 4.68 Å². The zero-order valence-corrected chi connectivity index (χ0v) is 35.2. The van der Waals surface area contributed by atoms with Crippen molar-refractivity contribution in [3.63, 3.8) is 0 Å². The Balaban J connectivity index is 1.03. The average Bonchev–Trinajstić information content (AvgIpc) is 3.92. The number of esters is 1. The highest BCUT2D eigenvalue weighted by Crippen LogP contribution is 2.25. The Kier molecular flexibility index (Phi) is 13.0. The van der Waals surface area contributed by atoms with Gasteiger partial charge < -0.3 is 40.8 Å². The van der Waals surface area contributed by atoms with Crippen LogP contribution in [-0.4, -0.2) is 134 Å². The number of aromatic amines is 1. The summed E-state index contributed by atoms with van der Waals surface area (Å²) in [6.45, 7) is 10.9. The molecule has 0 saturated carbocycles. The number of carbonyl (C=O) groups excluding carboxylic acids is 5.